The highest BCUT2D eigenvalue weighted by Gasteiger charge is 2.28. The minimum atomic E-state index is -0.874. The first-order valence-corrected chi connectivity index (χ1v) is 11.0. The summed E-state index contributed by atoms with van der Waals surface area (Å²) in [6, 6.07) is 12.1. The quantitative estimate of drug-likeness (QED) is 0.294. The fourth-order valence-corrected chi connectivity index (χ4v) is 3.93. The summed E-state index contributed by atoms with van der Waals surface area (Å²) in [5, 5.41) is 4.84. The molecule has 184 valence electrons. The molecule has 0 bridgehead atoms. The molecule has 1 aliphatic heterocycles. The molecule has 0 unspecified atom stereocenters. The zero-order valence-electron chi connectivity index (χ0n) is 19.6. The van der Waals surface area contributed by atoms with E-state index in [4.69, 9.17) is 9.47 Å². The van der Waals surface area contributed by atoms with E-state index >= 15 is 0 Å². The Balaban J connectivity index is 1.72. The molecule has 3 aromatic rings. The maximum atomic E-state index is 12.3. The topological polar surface area (TPSA) is 133 Å². The van der Waals surface area contributed by atoms with Crippen molar-refractivity contribution in [3.63, 3.8) is 0 Å². The summed E-state index contributed by atoms with van der Waals surface area (Å²) in [5.74, 6) is -2.31. The van der Waals surface area contributed by atoms with Crippen LogP contribution in [0, 0.1) is 0 Å². The van der Waals surface area contributed by atoms with Crippen molar-refractivity contribution in [3.8, 4) is 0 Å². The van der Waals surface area contributed by atoms with Crippen LogP contribution in [0.15, 0.2) is 54.2 Å². The number of nitrogens with one attached hydrogen (secondary N) is 2. The average Bonchev–Trinajstić information content (AvgIpc) is 3.18. The zero-order chi connectivity index (χ0) is 25.8. The molecule has 36 heavy (non-hydrogen) atoms. The maximum Gasteiger partial charge on any atom is 0.328 e. The van der Waals surface area contributed by atoms with Crippen molar-refractivity contribution in [1.29, 1.82) is 0 Å². The minimum Gasteiger partial charge on any atom is -0.469 e. The van der Waals surface area contributed by atoms with Gasteiger partial charge in [0, 0.05) is 29.2 Å². The number of benzene rings is 2. The number of rotatable bonds is 7. The van der Waals surface area contributed by atoms with Crippen molar-refractivity contribution < 1.29 is 33.4 Å². The van der Waals surface area contributed by atoms with E-state index < -0.39 is 23.8 Å². The molecule has 2 heterocycles. The van der Waals surface area contributed by atoms with Gasteiger partial charge in [0.25, 0.3) is 11.8 Å². The molecule has 0 aliphatic carbocycles. The number of nitrogens with zero attached hydrogens (tertiary/aromatic N) is 1. The van der Waals surface area contributed by atoms with Gasteiger partial charge < -0.3 is 14.0 Å². The van der Waals surface area contributed by atoms with Crippen LogP contribution >= 0.6 is 0 Å². The Morgan fingerprint density at radius 2 is 1.39 bits per heavy atom. The van der Waals surface area contributed by atoms with Crippen molar-refractivity contribution in [2.45, 2.75) is 19.4 Å². The Hall–Kier alpha value is -4.73. The molecule has 0 spiro atoms. The SMILES string of the molecule is COC(=O)Cc1ccc(Cn2cc(C=C3C(=O)NC(=O)NC3=O)c3cc(CC(=O)OC)ccc32)cc1. The minimum absolute atomic E-state index is 0.0603. The smallest absolute Gasteiger partial charge is 0.328 e. The average molecular weight is 489 g/mol. The van der Waals surface area contributed by atoms with Crippen LogP contribution < -0.4 is 10.6 Å². The standard InChI is InChI=1S/C26H23N3O7/c1-35-22(30)10-15-3-5-16(6-4-15)13-29-14-18(12-20-24(32)27-26(34)28-25(20)33)19-9-17(7-8-21(19)29)11-23(31)36-2/h3-9,12,14H,10-11,13H2,1-2H3,(H2,27,28,32,33,34). The van der Waals surface area contributed by atoms with E-state index in [0.29, 0.717) is 23.1 Å². The van der Waals surface area contributed by atoms with Crippen LogP contribution in [0.2, 0.25) is 0 Å². The molecule has 1 aliphatic rings. The predicted molar refractivity (Wildman–Crippen MR) is 129 cm³/mol. The number of carbonyl (C=O) groups excluding carboxylic acids is 5. The summed E-state index contributed by atoms with van der Waals surface area (Å²) < 4.78 is 11.4. The van der Waals surface area contributed by atoms with Crippen LogP contribution in [0.1, 0.15) is 22.3 Å². The highest BCUT2D eigenvalue weighted by Crippen LogP contribution is 2.27. The molecule has 1 aromatic heterocycles. The van der Waals surface area contributed by atoms with Gasteiger partial charge in [-0.1, -0.05) is 30.3 Å². The lowest BCUT2D eigenvalue weighted by Crippen LogP contribution is -2.51. The van der Waals surface area contributed by atoms with Crippen LogP contribution in [0.3, 0.4) is 0 Å². The molecular weight excluding hydrogens is 466 g/mol. The number of ether oxygens (including phenoxy) is 2. The van der Waals surface area contributed by atoms with Crippen molar-refractivity contribution in [2.75, 3.05) is 14.2 Å². The van der Waals surface area contributed by atoms with Crippen LogP contribution in [0.5, 0.6) is 0 Å². The number of hydrogen-bond acceptors (Lipinski definition) is 7. The number of hydrogen-bond donors (Lipinski definition) is 2. The van der Waals surface area contributed by atoms with Gasteiger partial charge in [-0.2, -0.15) is 0 Å². The summed E-state index contributed by atoms with van der Waals surface area (Å²) in [6.07, 6.45) is 3.44. The van der Waals surface area contributed by atoms with Gasteiger partial charge in [-0.05, 0) is 34.9 Å². The number of aromatic nitrogens is 1. The summed E-state index contributed by atoms with van der Waals surface area (Å²) >= 11 is 0. The lowest BCUT2D eigenvalue weighted by Gasteiger charge is -2.13. The molecular formula is C26H23N3O7. The van der Waals surface area contributed by atoms with Crippen molar-refractivity contribution in [3.05, 3.63) is 76.5 Å². The van der Waals surface area contributed by atoms with Gasteiger partial charge >= 0.3 is 18.0 Å². The van der Waals surface area contributed by atoms with Gasteiger partial charge in [0.1, 0.15) is 5.57 Å². The van der Waals surface area contributed by atoms with Gasteiger partial charge in [0.2, 0.25) is 0 Å². The monoisotopic (exact) mass is 489 g/mol. The van der Waals surface area contributed by atoms with Gasteiger partial charge in [-0.15, -0.1) is 0 Å². The van der Waals surface area contributed by atoms with Crippen molar-refractivity contribution in [2.24, 2.45) is 0 Å². The number of amides is 4. The Bertz CT molecular complexity index is 1400. The third-order valence-electron chi connectivity index (χ3n) is 5.75. The van der Waals surface area contributed by atoms with Gasteiger partial charge in [0.15, 0.2) is 0 Å². The molecule has 10 heteroatoms. The number of carbonyl (C=O) groups is 5. The van der Waals surface area contributed by atoms with E-state index in [1.54, 1.807) is 12.3 Å². The number of barbiturate groups is 1. The maximum absolute atomic E-state index is 12.3. The first kappa shape index (κ1) is 24.4. The molecule has 4 rings (SSSR count). The lowest BCUT2D eigenvalue weighted by molar-refractivity contribution is -0.140. The van der Waals surface area contributed by atoms with Crippen LogP contribution in [0.25, 0.3) is 17.0 Å². The van der Waals surface area contributed by atoms with Crippen molar-refractivity contribution in [1.82, 2.24) is 15.2 Å². The summed E-state index contributed by atoms with van der Waals surface area (Å²) in [4.78, 5) is 59.3. The summed E-state index contributed by atoms with van der Waals surface area (Å²) in [7, 11) is 2.65. The molecule has 2 N–H and O–H groups in total. The second-order valence-corrected chi connectivity index (χ2v) is 8.18. The molecule has 1 saturated heterocycles. The number of imide groups is 2. The second-order valence-electron chi connectivity index (χ2n) is 8.18. The van der Waals surface area contributed by atoms with E-state index in [9.17, 15) is 24.0 Å². The molecule has 0 saturated carbocycles. The van der Waals surface area contributed by atoms with E-state index in [-0.39, 0.29) is 24.4 Å². The molecule has 1 fully saturated rings. The normalized spacial score (nSPS) is 13.3. The highest BCUT2D eigenvalue weighted by atomic mass is 16.5. The summed E-state index contributed by atoms with van der Waals surface area (Å²) in [6.45, 7) is 0.464. The van der Waals surface area contributed by atoms with E-state index in [1.165, 1.54) is 20.3 Å². The number of esters is 2. The summed E-state index contributed by atoms with van der Waals surface area (Å²) in [5.41, 5.74) is 3.64. The van der Waals surface area contributed by atoms with Gasteiger partial charge in [-0.25, -0.2) is 4.79 Å². The molecule has 10 nitrogen and oxygen atoms in total. The molecule has 4 amide bonds. The third kappa shape index (κ3) is 5.33. The number of fused-ring (bicyclic) bond motifs is 1. The Kier molecular flexibility index (Phi) is 6.95. The molecule has 2 aromatic carbocycles. The number of methoxy groups -OCH3 is 2. The molecule has 0 atom stereocenters. The zero-order valence-corrected chi connectivity index (χ0v) is 19.6. The highest BCUT2D eigenvalue weighted by molar-refractivity contribution is 6.31. The third-order valence-corrected chi connectivity index (χ3v) is 5.75. The first-order chi connectivity index (χ1) is 17.3. The largest absolute Gasteiger partial charge is 0.469 e. The fraction of sp³-hybridized carbons (Fsp3) is 0.192. The van der Waals surface area contributed by atoms with Crippen LogP contribution in [-0.2, 0) is 48.0 Å². The Morgan fingerprint density at radius 3 is 2.00 bits per heavy atom. The van der Waals surface area contributed by atoms with Crippen LogP contribution in [0.4, 0.5) is 4.79 Å². The Labute approximate surface area is 205 Å². The number of urea groups is 1. The first-order valence-electron chi connectivity index (χ1n) is 11.0. The Morgan fingerprint density at radius 1 is 0.833 bits per heavy atom. The van der Waals surface area contributed by atoms with Gasteiger partial charge in [0.05, 0.1) is 27.1 Å². The van der Waals surface area contributed by atoms with E-state index in [2.05, 4.69) is 10.6 Å². The molecule has 0 radical (unpaired) electrons. The van der Waals surface area contributed by atoms with Crippen molar-refractivity contribution >= 4 is 46.8 Å². The lowest BCUT2D eigenvalue weighted by atomic mass is 10.0. The van der Waals surface area contributed by atoms with Gasteiger partial charge in [-0.3, -0.25) is 29.8 Å². The fourth-order valence-electron chi connectivity index (χ4n) is 3.93. The predicted octanol–water partition coefficient (Wildman–Crippen LogP) is 1.87. The van der Waals surface area contributed by atoms with E-state index in [0.717, 1.165) is 16.6 Å². The van der Waals surface area contributed by atoms with E-state index in [1.807, 2.05) is 41.0 Å². The van der Waals surface area contributed by atoms with Crippen LogP contribution in [-0.4, -0.2) is 48.6 Å². The second kappa shape index (κ2) is 10.3.